The van der Waals surface area contributed by atoms with Crippen LogP contribution in [0.5, 0.6) is 0 Å². The second-order valence-corrected chi connectivity index (χ2v) is 5.29. The number of rotatable bonds is 2. The standard InChI is InChI=1S/C13H19N3O3/c1-16-10-5-3-2-4-8(10)12(15-16)13(18)14-9-6-19-7-11(9)17/h9,11,17H,2-7H2,1H3,(H,14,18)/t9-,11-/m0/s1. The van der Waals surface area contributed by atoms with Gasteiger partial charge in [0.05, 0.1) is 25.4 Å². The molecular weight excluding hydrogens is 246 g/mol. The van der Waals surface area contributed by atoms with Crippen molar-refractivity contribution in [3.63, 3.8) is 0 Å². The molecule has 0 bridgehead atoms. The first-order valence-corrected chi connectivity index (χ1v) is 6.78. The van der Waals surface area contributed by atoms with E-state index in [0.717, 1.165) is 31.2 Å². The van der Waals surface area contributed by atoms with Crippen LogP contribution in [-0.2, 0) is 24.6 Å². The molecule has 1 aliphatic heterocycles. The van der Waals surface area contributed by atoms with Crippen molar-refractivity contribution in [2.45, 2.75) is 37.8 Å². The zero-order valence-electron chi connectivity index (χ0n) is 11.1. The molecule has 2 atom stereocenters. The van der Waals surface area contributed by atoms with E-state index in [1.54, 1.807) is 0 Å². The summed E-state index contributed by atoms with van der Waals surface area (Å²) in [6, 6.07) is -0.325. The van der Waals surface area contributed by atoms with Gasteiger partial charge < -0.3 is 15.2 Å². The second kappa shape index (κ2) is 4.94. The monoisotopic (exact) mass is 265 g/mol. The van der Waals surface area contributed by atoms with Gasteiger partial charge in [0.25, 0.3) is 5.91 Å². The summed E-state index contributed by atoms with van der Waals surface area (Å²) in [7, 11) is 1.88. The molecule has 19 heavy (non-hydrogen) atoms. The van der Waals surface area contributed by atoms with Gasteiger partial charge in [-0.15, -0.1) is 0 Å². The molecule has 2 heterocycles. The van der Waals surface area contributed by atoms with Crippen LogP contribution in [0.1, 0.15) is 34.6 Å². The summed E-state index contributed by atoms with van der Waals surface area (Å²) in [4.78, 5) is 12.3. The highest BCUT2D eigenvalue weighted by Crippen LogP contribution is 2.24. The maximum atomic E-state index is 12.3. The summed E-state index contributed by atoms with van der Waals surface area (Å²) in [6.07, 6.45) is 3.54. The van der Waals surface area contributed by atoms with Crippen molar-refractivity contribution in [1.82, 2.24) is 15.1 Å². The average molecular weight is 265 g/mol. The van der Waals surface area contributed by atoms with Gasteiger partial charge in [-0.25, -0.2) is 0 Å². The summed E-state index contributed by atoms with van der Waals surface area (Å²) < 4.78 is 6.94. The molecule has 0 aromatic carbocycles. The topological polar surface area (TPSA) is 76.4 Å². The lowest BCUT2D eigenvalue weighted by molar-refractivity contribution is 0.0880. The van der Waals surface area contributed by atoms with Crippen molar-refractivity contribution >= 4 is 5.91 Å². The van der Waals surface area contributed by atoms with Gasteiger partial charge >= 0.3 is 0 Å². The van der Waals surface area contributed by atoms with Crippen LogP contribution in [0.3, 0.4) is 0 Å². The Balaban J connectivity index is 1.80. The first-order valence-electron chi connectivity index (χ1n) is 6.78. The van der Waals surface area contributed by atoms with Crippen LogP contribution in [0.15, 0.2) is 0 Å². The lowest BCUT2D eigenvalue weighted by Gasteiger charge is -2.15. The fourth-order valence-corrected chi connectivity index (χ4v) is 2.87. The van der Waals surface area contributed by atoms with Crippen molar-refractivity contribution in [3.05, 3.63) is 17.0 Å². The minimum absolute atomic E-state index is 0.201. The Morgan fingerprint density at radius 2 is 2.21 bits per heavy atom. The summed E-state index contributed by atoms with van der Waals surface area (Å²) in [5, 5.41) is 16.8. The molecular formula is C13H19N3O3. The molecule has 104 valence electrons. The smallest absolute Gasteiger partial charge is 0.272 e. The summed E-state index contributed by atoms with van der Waals surface area (Å²) in [6.45, 7) is 0.646. The Kier molecular flexibility index (Phi) is 3.28. The molecule has 0 saturated carbocycles. The van der Waals surface area contributed by atoms with E-state index in [9.17, 15) is 9.90 Å². The van der Waals surface area contributed by atoms with E-state index in [1.807, 2.05) is 11.7 Å². The number of amides is 1. The van der Waals surface area contributed by atoms with Crippen LogP contribution >= 0.6 is 0 Å². The molecule has 0 radical (unpaired) electrons. The Labute approximate surface area is 111 Å². The fraction of sp³-hybridized carbons (Fsp3) is 0.692. The van der Waals surface area contributed by atoms with Crippen molar-refractivity contribution in [3.8, 4) is 0 Å². The van der Waals surface area contributed by atoms with Gasteiger partial charge in [-0.3, -0.25) is 9.48 Å². The number of nitrogens with zero attached hydrogens (tertiary/aromatic N) is 2. The SMILES string of the molecule is Cn1nc(C(=O)N[C@H]2COC[C@@H]2O)c2c1CCCC2. The Hall–Kier alpha value is -1.40. The maximum Gasteiger partial charge on any atom is 0.272 e. The number of hydrogen-bond acceptors (Lipinski definition) is 4. The van der Waals surface area contributed by atoms with Crippen LogP contribution in [-0.4, -0.2) is 46.2 Å². The van der Waals surface area contributed by atoms with E-state index in [0.29, 0.717) is 12.3 Å². The summed E-state index contributed by atoms with van der Waals surface area (Å²) in [5.74, 6) is -0.201. The van der Waals surface area contributed by atoms with E-state index in [2.05, 4.69) is 10.4 Å². The molecule has 6 heteroatoms. The number of fused-ring (bicyclic) bond motifs is 1. The largest absolute Gasteiger partial charge is 0.388 e. The predicted octanol–water partition coefficient (Wildman–Crippen LogP) is -0.212. The number of aromatic nitrogens is 2. The Bertz CT molecular complexity index is 498. The van der Waals surface area contributed by atoms with Crippen molar-refractivity contribution in [2.24, 2.45) is 7.05 Å². The predicted molar refractivity (Wildman–Crippen MR) is 67.9 cm³/mol. The van der Waals surface area contributed by atoms with E-state index >= 15 is 0 Å². The number of ether oxygens (including phenoxy) is 1. The number of aliphatic hydroxyl groups excluding tert-OH is 1. The highest BCUT2D eigenvalue weighted by atomic mass is 16.5. The summed E-state index contributed by atoms with van der Waals surface area (Å²) in [5.41, 5.74) is 2.75. The van der Waals surface area contributed by atoms with E-state index in [4.69, 9.17) is 4.74 Å². The van der Waals surface area contributed by atoms with Crippen LogP contribution in [0.4, 0.5) is 0 Å². The van der Waals surface area contributed by atoms with Gasteiger partial charge in [0, 0.05) is 18.3 Å². The molecule has 1 fully saturated rings. The van der Waals surface area contributed by atoms with Gasteiger partial charge in [0.15, 0.2) is 5.69 Å². The van der Waals surface area contributed by atoms with Crippen LogP contribution in [0.2, 0.25) is 0 Å². The van der Waals surface area contributed by atoms with Gasteiger partial charge in [0.1, 0.15) is 0 Å². The van der Waals surface area contributed by atoms with Crippen molar-refractivity contribution < 1.29 is 14.6 Å². The third kappa shape index (κ3) is 2.26. The second-order valence-electron chi connectivity index (χ2n) is 5.29. The van der Waals surface area contributed by atoms with E-state index in [-0.39, 0.29) is 18.6 Å². The van der Waals surface area contributed by atoms with Crippen LogP contribution in [0, 0.1) is 0 Å². The Morgan fingerprint density at radius 1 is 1.42 bits per heavy atom. The fourth-order valence-electron chi connectivity index (χ4n) is 2.87. The van der Waals surface area contributed by atoms with E-state index < -0.39 is 6.10 Å². The van der Waals surface area contributed by atoms with Crippen LogP contribution < -0.4 is 5.32 Å². The minimum Gasteiger partial charge on any atom is -0.388 e. The highest BCUT2D eigenvalue weighted by Gasteiger charge is 2.30. The number of carbonyl (C=O) groups is 1. The quantitative estimate of drug-likeness (QED) is 0.775. The number of carbonyl (C=O) groups excluding carboxylic acids is 1. The molecule has 3 rings (SSSR count). The first kappa shape index (κ1) is 12.6. The number of aliphatic hydroxyl groups is 1. The lowest BCUT2D eigenvalue weighted by atomic mass is 9.95. The molecule has 0 unspecified atom stereocenters. The molecule has 1 aliphatic carbocycles. The number of nitrogens with one attached hydrogen (secondary N) is 1. The molecule has 1 saturated heterocycles. The third-order valence-electron chi connectivity index (χ3n) is 3.95. The zero-order chi connectivity index (χ0) is 13.4. The molecule has 1 aromatic rings. The van der Waals surface area contributed by atoms with Gasteiger partial charge in [-0.2, -0.15) is 5.10 Å². The van der Waals surface area contributed by atoms with Crippen LogP contribution in [0.25, 0.3) is 0 Å². The molecule has 1 amide bonds. The number of aryl methyl sites for hydroxylation is 1. The van der Waals surface area contributed by atoms with E-state index in [1.165, 1.54) is 5.69 Å². The maximum absolute atomic E-state index is 12.3. The van der Waals surface area contributed by atoms with Gasteiger partial charge in [-0.1, -0.05) is 0 Å². The highest BCUT2D eigenvalue weighted by molar-refractivity contribution is 5.94. The van der Waals surface area contributed by atoms with Gasteiger partial charge in [-0.05, 0) is 25.7 Å². The normalized spacial score (nSPS) is 26.2. The number of hydrogen-bond donors (Lipinski definition) is 2. The molecule has 6 nitrogen and oxygen atoms in total. The first-order chi connectivity index (χ1) is 9.16. The Morgan fingerprint density at radius 3 is 2.95 bits per heavy atom. The molecule has 2 aliphatic rings. The van der Waals surface area contributed by atoms with Crippen molar-refractivity contribution in [2.75, 3.05) is 13.2 Å². The molecule has 0 spiro atoms. The third-order valence-corrected chi connectivity index (χ3v) is 3.95. The average Bonchev–Trinajstić information content (AvgIpc) is 2.95. The minimum atomic E-state index is -0.622. The lowest BCUT2D eigenvalue weighted by Crippen LogP contribution is -2.43. The molecule has 2 N–H and O–H groups in total. The summed E-state index contributed by atoms with van der Waals surface area (Å²) >= 11 is 0. The van der Waals surface area contributed by atoms with Gasteiger partial charge in [0.2, 0.25) is 0 Å². The molecule has 1 aromatic heterocycles. The van der Waals surface area contributed by atoms with Crippen molar-refractivity contribution in [1.29, 1.82) is 0 Å². The zero-order valence-corrected chi connectivity index (χ0v) is 11.1.